The molecule has 36 heavy (non-hydrogen) atoms. The van der Waals surface area contributed by atoms with E-state index in [0.29, 0.717) is 23.6 Å². The quantitative estimate of drug-likeness (QED) is 0.276. The highest BCUT2D eigenvalue weighted by Crippen LogP contribution is 2.21. The minimum absolute atomic E-state index is 0.0104. The van der Waals surface area contributed by atoms with Gasteiger partial charge in [-0.3, -0.25) is 24.1 Å². The third kappa shape index (κ3) is 7.02. The van der Waals surface area contributed by atoms with Crippen molar-refractivity contribution >= 4 is 40.6 Å². The minimum atomic E-state index is -0.467. The second-order valence-electron chi connectivity index (χ2n) is 8.72. The number of hydrogen-bond acceptors (Lipinski definition) is 6. The smallest absolute Gasteiger partial charge is 0.279 e. The van der Waals surface area contributed by atoms with E-state index in [2.05, 4.69) is 36.3 Å². The van der Waals surface area contributed by atoms with E-state index in [1.54, 1.807) is 48.5 Å². The number of quaternary nitrogens is 1. The lowest BCUT2D eigenvalue weighted by atomic mass is 10.1. The first-order valence-corrected chi connectivity index (χ1v) is 12.1. The van der Waals surface area contributed by atoms with Crippen LogP contribution in [-0.4, -0.2) is 65.6 Å². The maximum atomic E-state index is 12.5. The van der Waals surface area contributed by atoms with Crippen LogP contribution in [0.4, 0.5) is 17.1 Å². The summed E-state index contributed by atoms with van der Waals surface area (Å²) in [5.41, 5.74) is 2.72. The van der Waals surface area contributed by atoms with Crippen LogP contribution in [0, 0.1) is 0 Å². The van der Waals surface area contributed by atoms with E-state index in [1.165, 1.54) is 0 Å². The molecule has 3 amide bonds. The summed E-state index contributed by atoms with van der Waals surface area (Å²) in [6, 6.07) is 14.2. The minimum Gasteiger partial charge on any atom is -0.321 e. The van der Waals surface area contributed by atoms with E-state index in [9.17, 15) is 19.2 Å². The van der Waals surface area contributed by atoms with E-state index in [-0.39, 0.29) is 24.7 Å². The molecule has 3 rings (SSSR count). The summed E-state index contributed by atoms with van der Waals surface area (Å²) in [5.74, 6) is -1.18. The number of nitrogens with zero attached hydrogens (tertiary/aromatic N) is 4. The summed E-state index contributed by atoms with van der Waals surface area (Å²) in [4.78, 5) is 48.8. The number of benzene rings is 2. The number of rotatable bonds is 12. The van der Waals surface area contributed by atoms with Crippen LogP contribution in [0.3, 0.4) is 0 Å². The predicted molar refractivity (Wildman–Crippen MR) is 137 cm³/mol. The number of Topliss-reactive ketones (excluding diaryl/α,β-unsaturated/α-hetero) is 1. The molecule has 188 valence electrons. The average Bonchev–Trinajstić information content (AvgIpc) is 3.20. The Morgan fingerprint density at radius 2 is 1.31 bits per heavy atom. The molecule has 0 aromatic heterocycles. The predicted octanol–water partition coefficient (Wildman–Crippen LogP) is 3.95. The first kappa shape index (κ1) is 26.6. The van der Waals surface area contributed by atoms with Crippen LogP contribution in [-0.2, 0) is 25.6 Å². The fraction of sp³-hybridized carbons (Fsp3) is 0.333. The third-order valence-corrected chi connectivity index (χ3v) is 6.50. The van der Waals surface area contributed by atoms with Crippen molar-refractivity contribution in [2.75, 3.05) is 38.0 Å². The van der Waals surface area contributed by atoms with Gasteiger partial charge in [-0.25, -0.2) is 0 Å². The molecule has 0 saturated carbocycles. The second kappa shape index (κ2) is 12.1. The van der Waals surface area contributed by atoms with Gasteiger partial charge in [0, 0.05) is 24.3 Å². The van der Waals surface area contributed by atoms with Crippen LogP contribution >= 0.6 is 0 Å². The van der Waals surface area contributed by atoms with Gasteiger partial charge < -0.3 is 9.80 Å². The number of azo groups is 1. The number of carbonyl (C=O) groups excluding carboxylic acids is 4. The Kier molecular flexibility index (Phi) is 8.97. The monoisotopic (exact) mass is 490 g/mol. The van der Waals surface area contributed by atoms with Gasteiger partial charge in [-0.05, 0) is 62.7 Å². The normalized spacial score (nSPS) is 13.6. The molecular formula is C27H32N5O4+. The number of hydrogen-bond donors (Lipinski definition) is 1. The van der Waals surface area contributed by atoms with Crippen molar-refractivity contribution in [3.8, 4) is 0 Å². The summed E-state index contributed by atoms with van der Waals surface area (Å²) in [6.07, 6.45) is 2.43. The molecule has 0 spiro atoms. The number of ketones is 1. The lowest BCUT2D eigenvalue weighted by molar-refractivity contribution is -0.915. The fourth-order valence-corrected chi connectivity index (χ4v) is 3.97. The molecule has 1 aliphatic rings. The first-order chi connectivity index (χ1) is 17.3. The Bertz CT molecular complexity index is 1140. The van der Waals surface area contributed by atoms with Gasteiger partial charge in [0.25, 0.3) is 17.7 Å². The van der Waals surface area contributed by atoms with Gasteiger partial charge in [0.2, 0.25) is 0 Å². The van der Waals surface area contributed by atoms with Crippen LogP contribution in [0.5, 0.6) is 0 Å². The number of likely N-dealkylation sites (N-methyl/N-ethyl adjacent to an activating group) is 1. The van der Waals surface area contributed by atoms with Crippen LogP contribution in [0.1, 0.15) is 26.3 Å². The van der Waals surface area contributed by atoms with Crippen molar-refractivity contribution < 1.29 is 23.7 Å². The molecule has 9 heteroatoms. The fourth-order valence-electron chi connectivity index (χ4n) is 3.97. The molecular weight excluding hydrogens is 458 g/mol. The highest BCUT2D eigenvalue weighted by atomic mass is 16.2. The molecule has 9 nitrogen and oxygen atoms in total. The number of imide groups is 1. The van der Waals surface area contributed by atoms with Gasteiger partial charge in [-0.1, -0.05) is 12.1 Å². The van der Waals surface area contributed by atoms with E-state index in [4.69, 9.17) is 0 Å². The molecule has 0 bridgehead atoms. The van der Waals surface area contributed by atoms with E-state index >= 15 is 0 Å². The molecule has 0 radical (unpaired) electrons. The van der Waals surface area contributed by atoms with Crippen molar-refractivity contribution in [2.45, 2.75) is 27.2 Å². The van der Waals surface area contributed by atoms with Gasteiger partial charge in [0.05, 0.1) is 37.6 Å². The summed E-state index contributed by atoms with van der Waals surface area (Å²) < 4.78 is 0.750. The molecule has 1 aliphatic heterocycles. The lowest BCUT2D eigenvalue weighted by Gasteiger charge is -2.34. The molecule has 0 unspecified atom stereocenters. The Morgan fingerprint density at radius 3 is 1.81 bits per heavy atom. The number of carbonyl (C=O) groups is 4. The Hall–Kier alpha value is -3.98. The summed E-state index contributed by atoms with van der Waals surface area (Å²) >= 11 is 0. The van der Waals surface area contributed by atoms with E-state index in [1.807, 2.05) is 0 Å². The Morgan fingerprint density at radius 1 is 0.806 bits per heavy atom. The molecule has 1 N–H and O–H groups in total. The summed E-state index contributed by atoms with van der Waals surface area (Å²) in [5, 5.41) is 11.4. The van der Waals surface area contributed by atoms with Crippen LogP contribution in [0.15, 0.2) is 70.9 Å². The standard InChI is InChI=1S/C27H31N5O4/c1-4-32(5-2,6-3)19-25(34)28-21-11-13-23(14-12-21)30-29-22-9-7-20(8-10-22)17-24(33)18-31-26(35)15-16-27(31)36/h7-16H,4-6,17-19H2,1-3H3/p+1. The topological polar surface area (TPSA) is 108 Å². The van der Waals surface area contributed by atoms with Crippen LogP contribution in [0.25, 0.3) is 0 Å². The Balaban J connectivity index is 1.51. The van der Waals surface area contributed by atoms with Crippen molar-refractivity contribution in [3.05, 3.63) is 66.2 Å². The number of nitrogens with one attached hydrogen (secondary N) is 1. The van der Waals surface area contributed by atoms with Gasteiger partial charge in [-0.15, -0.1) is 0 Å². The van der Waals surface area contributed by atoms with Crippen molar-refractivity contribution in [1.29, 1.82) is 0 Å². The van der Waals surface area contributed by atoms with E-state index in [0.717, 1.165) is 46.7 Å². The van der Waals surface area contributed by atoms with Crippen molar-refractivity contribution in [1.82, 2.24) is 4.90 Å². The largest absolute Gasteiger partial charge is 0.321 e. The van der Waals surface area contributed by atoms with Crippen molar-refractivity contribution in [3.63, 3.8) is 0 Å². The molecule has 0 fully saturated rings. The highest BCUT2D eigenvalue weighted by molar-refractivity contribution is 6.14. The zero-order chi connectivity index (χ0) is 26.1. The third-order valence-electron chi connectivity index (χ3n) is 6.50. The SMILES string of the molecule is CC[N+](CC)(CC)CC(=O)Nc1ccc(N=Nc2ccc(CC(=O)CN3C(=O)C=CC3=O)cc2)cc1. The van der Waals surface area contributed by atoms with Gasteiger partial charge in [-0.2, -0.15) is 10.2 Å². The van der Waals surface area contributed by atoms with Gasteiger partial charge >= 0.3 is 0 Å². The summed E-state index contributed by atoms with van der Waals surface area (Å²) in [7, 11) is 0. The first-order valence-electron chi connectivity index (χ1n) is 12.1. The molecule has 0 atom stereocenters. The highest BCUT2D eigenvalue weighted by Gasteiger charge is 2.26. The zero-order valence-corrected chi connectivity index (χ0v) is 20.9. The van der Waals surface area contributed by atoms with Gasteiger partial charge in [0.15, 0.2) is 12.3 Å². The van der Waals surface area contributed by atoms with Crippen LogP contribution in [0.2, 0.25) is 0 Å². The molecule has 2 aromatic rings. The van der Waals surface area contributed by atoms with E-state index < -0.39 is 11.8 Å². The molecule has 2 aromatic carbocycles. The maximum Gasteiger partial charge on any atom is 0.279 e. The summed E-state index contributed by atoms with van der Waals surface area (Å²) in [6.45, 7) is 9.25. The average molecular weight is 491 g/mol. The molecule has 0 saturated heterocycles. The second-order valence-corrected chi connectivity index (χ2v) is 8.72. The van der Waals surface area contributed by atoms with Crippen LogP contribution < -0.4 is 5.32 Å². The lowest BCUT2D eigenvalue weighted by Crippen LogP contribution is -2.51. The number of anilines is 1. The van der Waals surface area contributed by atoms with Crippen molar-refractivity contribution in [2.24, 2.45) is 10.2 Å². The zero-order valence-electron chi connectivity index (χ0n) is 20.9. The molecule has 1 heterocycles. The number of amides is 3. The van der Waals surface area contributed by atoms with Gasteiger partial charge in [0.1, 0.15) is 0 Å². The maximum absolute atomic E-state index is 12.5. The Labute approximate surface area is 211 Å². The molecule has 0 aliphatic carbocycles.